The maximum atomic E-state index is 11.8. The van der Waals surface area contributed by atoms with Crippen LogP contribution in [-0.4, -0.2) is 54.1 Å². The Kier molecular flexibility index (Phi) is 7.70. The van der Waals surface area contributed by atoms with Crippen molar-refractivity contribution in [1.29, 1.82) is 0 Å². The van der Waals surface area contributed by atoms with Crippen LogP contribution < -0.4 is 11.1 Å². The van der Waals surface area contributed by atoms with Crippen molar-refractivity contribution in [2.45, 2.75) is 19.3 Å². The molecule has 0 aliphatic carbocycles. The minimum atomic E-state index is -0.250. The molecule has 1 aliphatic heterocycles. The summed E-state index contributed by atoms with van der Waals surface area (Å²) in [5, 5.41) is 10.3. The molecule has 0 bridgehead atoms. The second-order valence-electron chi connectivity index (χ2n) is 4.98. The zero-order valence-electron chi connectivity index (χ0n) is 12.1. The smallest absolute Gasteiger partial charge is 0.290 e. The summed E-state index contributed by atoms with van der Waals surface area (Å²) < 4.78 is 0. The van der Waals surface area contributed by atoms with Crippen molar-refractivity contribution in [3.63, 3.8) is 0 Å². The number of hydrogen-bond acceptors (Lipinski definition) is 6. The molecule has 1 aromatic heterocycles. The molecule has 1 saturated heterocycles. The fourth-order valence-corrected chi connectivity index (χ4v) is 2.98. The zero-order valence-corrected chi connectivity index (χ0v) is 12.9. The van der Waals surface area contributed by atoms with Crippen LogP contribution in [0.5, 0.6) is 0 Å². The number of carboxylic acid groups (broad SMARTS) is 1. The minimum absolute atomic E-state index is 0.0617. The molecule has 21 heavy (non-hydrogen) atoms. The molecule has 0 spiro atoms. The molecule has 0 saturated carbocycles. The van der Waals surface area contributed by atoms with Crippen LogP contribution in [0.4, 0.5) is 5.13 Å². The molecular formula is C13H22N4O3S. The number of anilines is 1. The number of piperidine rings is 1. The van der Waals surface area contributed by atoms with Crippen molar-refractivity contribution in [2.24, 2.45) is 5.92 Å². The first-order chi connectivity index (χ1) is 10.1. The fraction of sp³-hybridized carbons (Fsp3) is 0.615. The molecule has 7 nitrogen and oxygen atoms in total. The van der Waals surface area contributed by atoms with Crippen molar-refractivity contribution in [1.82, 2.24) is 15.2 Å². The summed E-state index contributed by atoms with van der Waals surface area (Å²) in [5.41, 5.74) is 5.50. The first kappa shape index (κ1) is 17.4. The third kappa shape index (κ3) is 6.54. The van der Waals surface area contributed by atoms with Crippen LogP contribution in [0.25, 0.3) is 0 Å². The molecule has 118 valence electrons. The lowest BCUT2D eigenvalue weighted by atomic mass is 9.95. The Bertz CT molecular complexity index is 452. The van der Waals surface area contributed by atoms with Gasteiger partial charge in [-0.1, -0.05) is 11.3 Å². The molecule has 1 unspecified atom stereocenters. The third-order valence-electron chi connectivity index (χ3n) is 3.31. The topological polar surface area (TPSA) is 109 Å². The Morgan fingerprint density at radius 1 is 1.71 bits per heavy atom. The number of aromatic nitrogens is 1. The first-order valence-corrected chi connectivity index (χ1v) is 7.64. The van der Waals surface area contributed by atoms with E-state index in [0.29, 0.717) is 15.9 Å². The minimum Gasteiger partial charge on any atom is -0.483 e. The standard InChI is InChI=1S/C12H20N4OS.CH2O2/c1-16-6-2-3-9(8-16)4-5-14-11(17)10-7-15-12(13)18-10;2-1-3/h7,9H,2-6,8H2,1H3,(H2,13,15)(H,14,17);1H,(H,2,3). The quantitative estimate of drug-likeness (QED) is 0.712. The van der Waals surface area contributed by atoms with Gasteiger partial charge in [0, 0.05) is 13.1 Å². The summed E-state index contributed by atoms with van der Waals surface area (Å²) in [7, 11) is 2.16. The summed E-state index contributed by atoms with van der Waals surface area (Å²) in [6, 6.07) is 0. The highest BCUT2D eigenvalue weighted by Gasteiger charge is 2.17. The van der Waals surface area contributed by atoms with Gasteiger partial charge in [0.25, 0.3) is 12.4 Å². The maximum absolute atomic E-state index is 11.8. The average molecular weight is 314 g/mol. The molecular weight excluding hydrogens is 292 g/mol. The van der Waals surface area contributed by atoms with E-state index in [1.807, 2.05) is 0 Å². The van der Waals surface area contributed by atoms with Gasteiger partial charge in [0.2, 0.25) is 0 Å². The van der Waals surface area contributed by atoms with Crippen LogP contribution >= 0.6 is 11.3 Å². The van der Waals surface area contributed by atoms with Gasteiger partial charge >= 0.3 is 0 Å². The van der Waals surface area contributed by atoms with Gasteiger partial charge in [0.1, 0.15) is 4.88 Å². The van der Waals surface area contributed by atoms with Crippen LogP contribution in [0.3, 0.4) is 0 Å². The molecule has 1 fully saturated rings. The van der Waals surface area contributed by atoms with E-state index in [9.17, 15) is 4.79 Å². The lowest BCUT2D eigenvalue weighted by Crippen LogP contribution is -2.34. The van der Waals surface area contributed by atoms with Crippen molar-refractivity contribution < 1.29 is 14.7 Å². The van der Waals surface area contributed by atoms with Gasteiger partial charge in [-0.05, 0) is 38.8 Å². The second-order valence-corrected chi connectivity index (χ2v) is 6.05. The Balaban J connectivity index is 0.000000677. The summed E-state index contributed by atoms with van der Waals surface area (Å²) in [5.74, 6) is 0.643. The number of carbonyl (C=O) groups excluding carboxylic acids is 1. The number of nitrogens with one attached hydrogen (secondary N) is 1. The lowest BCUT2D eigenvalue weighted by Gasteiger charge is -2.29. The number of thiazole rings is 1. The lowest BCUT2D eigenvalue weighted by molar-refractivity contribution is -0.122. The number of nitrogens with zero attached hydrogens (tertiary/aromatic N) is 2. The van der Waals surface area contributed by atoms with E-state index >= 15 is 0 Å². The molecule has 1 aliphatic rings. The Hall–Kier alpha value is -1.67. The van der Waals surface area contributed by atoms with Crippen molar-refractivity contribution in [2.75, 3.05) is 32.4 Å². The van der Waals surface area contributed by atoms with E-state index in [0.717, 1.165) is 19.5 Å². The molecule has 2 heterocycles. The van der Waals surface area contributed by atoms with Gasteiger partial charge in [-0.15, -0.1) is 0 Å². The fourth-order valence-electron chi connectivity index (χ4n) is 2.38. The van der Waals surface area contributed by atoms with E-state index in [1.54, 1.807) is 0 Å². The van der Waals surface area contributed by atoms with Crippen LogP contribution in [0.15, 0.2) is 6.20 Å². The maximum Gasteiger partial charge on any atom is 0.290 e. The zero-order chi connectivity index (χ0) is 15.7. The van der Waals surface area contributed by atoms with E-state index in [1.165, 1.54) is 36.9 Å². The highest BCUT2D eigenvalue weighted by molar-refractivity contribution is 7.17. The molecule has 4 N–H and O–H groups in total. The second kappa shape index (κ2) is 9.30. The molecule has 0 aromatic carbocycles. The molecule has 1 aromatic rings. The molecule has 0 radical (unpaired) electrons. The summed E-state index contributed by atoms with van der Waals surface area (Å²) >= 11 is 1.23. The highest BCUT2D eigenvalue weighted by atomic mass is 32.1. The summed E-state index contributed by atoms with van der Waals surface area (Å²) in [4.78, 5) is 26.9. The van der Waals surface area contributed by atoms with Crippen LogP contribution in [0.2, 0.25) is 0 Å². The van der Waals surface area contributed by atoms with E-state index in [-0.39, 0.29) is 12.4 Å². The Morgan fingerprint density at radius 2 is 2.43 bits per heavy atom. The summed E-state index contributed by atoms with van der Waals surface area (Å²) in [6.45, 7) is 2.82. The number of hydrogen-bond donors (Lipinski definition) is 3. The Morgan fingerprint density at radius 3 is 3.00 bits per heavy atom. The number of carbonyl (C=O) groups is 2. The van der Waals surface area contributed by atoms with Crippen molar-refractivity contribution in [3.8, 4) is 0 Å². The van der Waals surface area contributed by atoms with Crippen molar-refractivity contribution in [3.05, 3.63) is 11.1 Å². The van der Waals surface area contributed by atoms with E-state index < -0.39 is 0 Å². The highest BCUT2D eigenvalue weighted by Crippen LogP contribution is 2.18. The monoisotopic (exact) mass is 314 g/mol. The SMILES string of the molecule is CN1CCCC(CCNC(=O)c2cnc(N)s2)C1.O=CO. The number of nitrogens with two attached hydrogens (primary N) is 1. The van der Waals surface area contributed by atoms with E-state index in [2.05, 4.69) is 22.2 Å². The molecule has 1 amide bonds. The number of likely N-dealkylation sites (tertiary alicyclic amines) is 1. The van der Waals surface area contributed by atoms with E-state index in [4.69, 9.17) is 15.6 Å². The van der Waals surface area contributed by atoms with Crippen LogP contribution in [0.1, 0.15) is 28.9 Å². The molecule has 1 atom stereocenters. The van der Waals surface area contributed by atoms with Gasteiger partial charge in [0.05, 0.1) is 6.20 Å². The van der Waals surface area contributed by atoms with Gasteiger partial charge in [-0.3, -0.25) is 9.59 Å². The largest absolute Gasteiger partial charge is 0.483 e. The van der Waals surface area contributed by atoms with Gasteiger partial charge in [-0.25, -0.2) is 4.98 Å². The first-order valence-electron chi connectivity index (χ1n) is 6.82. The van der Waals surface area contributed by atoms with Crippen molar-refractivity contribution >= 4 is 28.8 Å². The number of rotatable bonds is 4. The molecule has 8 heteroatoms. The average Bonchev–Trinajstić information content (AvgIpc) is 2.86. The molecule has 2 rings (SSSR count). The normalized spacial score (nSPS) is 18.4. The van der Waals surface area contributed by atoms with Crippen LogP contribution in [0, 0.1) is 5.92 Å². The van der Waals surface area contributed by atoms with Gasteiger partial charge < -0.3 is 21.1 Å². The van der Waals surface area contributed by atoms with Gasteiger partial charge in [0.15, 0.2) is 5.13 Å². The van der Waals surface area contributed by atoms with Crippen LogP contribution in [-0.2, 0) is 4.79 Å². The predicted octanol–water partition coefficient (Wildman–Crippen LogP) is 0.888. The van der Waals surface area contributed by atoms with Gasteiger partial charge in [-0.2, -0.15) is 0 Å². The Labute approximate surface area is 128 Å². The number of nitrogen functional groups attached to an aromatic ring is 1. The third-order valence-corrected chi connectivity index (χ3v) is 4.13. The number of amides is 1. The predicted molar refractivity (Wildman–Crippen MR) is 82.4 cm³/mol. The summed E-state index contributed by atoms with van der Waals surface area (Å²) in [6.07, 6.45) is 5.11.